The zero-order valence-corrected chi connectivity index (χ0v) is 13.8. The van der Waals surface area contributed by atoms with Crippen molar-refractivity contribution in [2.24, 2.45) is 0 Å². The highest BCUT2D eigenvalue weighted by atomic mass is 35.5. The number of hydrogen-bond acceptors (Lipinski definition) is 4. The number of rotatable bonds is 5. The lowest BCUT2D eigenvalue weighted by Gasteiger charge is -2.25. The molecule has 24 heavy (non-hydrogen) atoms. The molecule has 1 atom stereocenters. The Bertz CT molecular complexity index is 746. The molecule has 1 amide bonds. The number of carbonyl (C=O) groups is 1. The van der Waals surface area contributed by atoms with E-state index in [2.05, 4.69) is 0 Å². The molecule has 0 spiro atoms. The number of furan rings is 1. The zero-order valence-electron chi connectivity index (χ0n) is 13.1. The number of hydrogen-bond donors (Lipinski definition) is 0. The Morgan fingerprint density at radius 3 is 2.92 bits per heavy atom. The highest BCUT2D eigenvalue weighted by molar-refractivity contribution is 6.32. The summed E-state index contributed by atoms with van der Waals surface area (Å²) >= 11 is 6.05. The average molecular weight is 345 g/mol. The molecule has 1 aliphatic rings. The smallest absolute Gasteiger partial charge is 0.254 e. The first-order valence-corrected chi connectivity index (χ1v) is 8.18. The SMILES string of the molecule is N#Cc1ccc(C(=O)N(Cc2ccco2)CC2CCCO2)cc1Cl. The molecule has 1 aliphatic heterocycles. The van der Waals surface area contributed by atoms with E-state index >= 15 is 0 Å². The zero-order chi connectivity index (χ0) is 16.9. The molecule has 2 heterocycles. The number of nitriles is 1. The van der Waals surface area contributed by atoms with Gasteiger partial charge in [0.05, 0.1) is 29.5 Å². The van der Waals surface area contributed by atoms with Crippen LogP contribution in [0.3, 0.4) is 0 Å². The summed E-state index contributed by atoms with van der Waals surface area (Å²) in [7, 11) is 0. The quantitative estimate of drug-likeness (QED) is 0.830. The fourth-order valence-corrected chi connectivity index (χ4v) is 2.99. The van der Waals surface area contributed by atoms with Crippen molar-refractivity contribution in [3.05, 3.63) is 58.5 Å². The van der Waals surface area contributed by atoms with Crippen molar-refractivity contribution in [2.75, 3.05) is 13.2 Å². The number of ether oxygens (including phenoxy) is 1. The van der Waals surface area contributed by atoms with Gasteiger partial charge in [-0.3, -0.25) is 4.79 Å². The third kappa shape index (κ3) is 3.78. The number of carbonyl (C=O) groups excluding carboxylic acids is 1. The lowest BCUT2D eigenvalue weighted by Crippen LogP contribution is -2.36. The van der Waals surface area contributed by atoms with Crippen LogP contribution >= 0.6 is 11.6 Å². The van der Waals surface area contributed by atoms with Gasteiger partial charge in [-0.1, -0.05) is 11.6 Å². The van der Waals surface area contributed by atoms with Crippen molar-refractivity contribution in [3.8, 4) is 6.07 Å². The van der Waals surface area contributed by atoms with Gasteiger partial charge in [0.2, 0.25) is 0 Å². The first kappa shape index (κ1) is 16.6. The summed E-state index contributed by atoms with van der Waals surface area (Å²) in [5.41, 5.74) is 0.800. The summed E-state index contributed by atoms with van der Waals surface area (Å²) in [5.74, 6) is 0.550. The molecular weight excluding hydrogens is 328 g/mol. The van der Waals surface area contributed by atoms with Crippen molar-refractivity contribution in [1.29, 1.82) is 5.26 Å². The molecule has 0 aliphatic carbocycles. The van der Waals surface area contributed by atoms with E-state index in [1.807, 2.05) is 12.1 Å². The predicted octanol–water partition coefficient (Wildman–Crippen LogP) is 3.63. The molecule has 124 valence electrons. The van der Waals surface area contributed by atoms with Gasteiger partial charge in [0.15, 0.2) is 0 Å². The van der Waals surface area contributed by atoms with E-state index in [1.165, 1.54) is 6.07 Å². The summed E-state index contributed by atoms with van der Waals surface area (Å²) in [5, 5.41) is 9.24. The van der Waals surface area contributed by atoms with E-state index in [1.54, 1.807) is 29.4 Å². The van der Waals surface area contributed by atoms with E-state index in [-0.39, 0.29) is 17.0 Å². The average Bonchev–Trinajstić information content (AvgIpc) is 3.27. The topological polar surface area (TPSA) is 66.5 Å². The Morgan fingerprint density at radius 2 is 2.29 bits per heavy atom. The normalized spacial score (nSPS) is 16.8. The van der Waals surface area contributed by atoms with Crippen LogP contribution in [0.1, 0.15) is 34.5 Å². The molecule has 0 N–H and O–H groups in total. The third-order valence-corrected chi connectivity index (χ3v) is 4.31. The molecule has 1 aromatic carbocycles. The summed E-state index contributed by atoms with van der Waals surface area (Å²) in [6.07, 6.45) is 3.58. The minimum atomic E-state index is -0.159. The number of halogens is 1. The Hall–Kier alpha value is -2.29. The monoisotopic (exact) mass is 344 g/mol. The maximum Gasteiger partial charge on any atom is 0.254 e. The maximum absolute atomic E-state index is 12.9. The molecule has 1 unspecified atom stereocenters. The second-order valence-electron chi connectivity index (χ2n) is 5.71. The minimum absolute atomic E-state index is 0.0396. The van der Waals surface area contributed by atoms with Gasteiger partial charge in [-0.2, -0.15) is 5.26 Å². The maximum atomic E-state index is 12.9. The second kappa shape index (κ2) is 7.52. The molecule has 3 rings (SSSR count). The van der Waals surface area contributed by atoms with Crippen LogP contribution in [0.5, 0.6) is 0 Å². The Labute approximate surface area is 145 Å². The lowest BCUT2D eigenvalue weighted by atomic mass is 10.1. The van der Waals surface area contributed by atoms with Crippen LogP contribution in [0, 0.1) is 11.3 Å². The van der Waals surface area contributed by atoms with Crippen molar-refractivity contribution < 1.29 is 13.9 Å². The molecule has 2 aromatic rings. The first-order chi connectivity index (χ1) is 11.7. The van der Waals surface area contributed by atoms with Crippen molar-refractivity contribution in [3.63, 3.8) is 0 Å². The molecule has 0 bridgehead atoms. The van der Waals surface area contributed by atoms with Crippen LogP contribution in [0.4, 0.5) is 0 Å². The third-order valence-electron chi connectivity index (χ3n) is 4.00. The van der Waals surface area contributed by atoms with Crippen molar-refractivity contribution in [1.82, 2.24) is 4.90 Å². The van der Waals surface area contributed by atoms with E-state index in [0.29, 0.717) is 30.0 Å². The van der Waals surface area contributed by atoms with Crippen LogP contribution in [0.2, 0.25) is 5.02 Å². The predicted molar refractivity (Wildman–Crippen MR) is 88.6 cm³/mol. The van der Waals surface area contributed by atoms with E-state index in [4.69, 9.17) is 26.0 Å². The van der Waals surface area contributed by atoms with Crippen molar-refractivity contribution in [2.45, 2.75) is 25.5 Å². The van der Waals surface area contributed by atoms with Gasteiger partial charge in [-0.05, 0) is 43.2 Å². The van der Waals surface area contributed by atoms with Gasteiger partial charge < -0.3 is 14.1 Å². The van der Waals surface area contributed by atoms with E-state index in [9.17, 15) is 4.79 Å². The van der Waals surface area contributed by atoms with E-state index < -0.39 is 0 Å². The molecule has 1 saturated heterocycles. The molecular formula is C18H17ClN2O3. The summed E-state index contributed by atoms with van der Waals surface area (Å²) in [6.45, 7) is 1.59. The van der Waals surface area contributed by atoms with Gasteiger partial charge in [0.1, 0.15) is 11.8 Å². The van der Waals surface area contributed by atoms with Gasteiger partial charge in [0, 0.05) is 18.7 Å². The van der Waals surface area contributed by atoms with Gasteiger partial charge in [-0.15, -0.1) is 0 Å². The van der Waals surface area contributed by atoms with Crippen LogP contribution in [-0.4, -0.2) is 30.1 Å². The lowest BCUT2D eigenvalue weighted by molar-refractivity contribution is 0.0491. The van der Waals surface area contributed by atoms with Crippen LogP contribution < -0.4 is 0 Å². The number of amides is 1. The minimum Gasteiger partial charge on any atom is -0.467 e. The van der Waals surface area contributed by atoms with Crippen LogP contribution in [0.25, 0.3) is 0 Å². The molecule has 1 aromatic heterocycles. The Balaban J connectivity index is 1.81. The summed E-state index contributed by atoms with van der Waals surface area (Å²) in [6, 6.07) is 10.3. The van der Waals surface area contributed by atoms with Crippen molar-refractivity contribution >= 4 is 17.5 Å². The first-order valence-electron chi connectivity index (χ1n) is 7.80. The second-order valence-corrected chi connectivity index (χ2v) is 6.11. The fraction of sp³-hybridized carbons (Fsp3) is 0.333. The summed E-state index contributed by atoms with van der Waals surface area (Å²) < 4.78 is 11.0. The van der Waals surface area contributed by atoms with Gasteiger partial charge in [-0.25, -0.2) is 0 Å². The molecule has 0 saturated carbocycles. The molecule has 0 radical (unpaired) electrons. The summed E-state index contributed by atoms with van der Waals surface area (Å²) in [4.78, 5) is 14.6. The molecule has 6 heteroatoms. The highest BCUT2D eigenvalue weighted by Crippen LogP contribution is 2.21. The van der Waals surface area contributed by atoms with Gasteiger partial charge in [0.25, 0.3) is 5.91 Å². The fourth-order valence-electron chi connectivity index (χ4n) is 2.77. The molecule has 5 nitrogen and oxygen atoms in total. The Morgan fingerprint density at radius 1 is 1.42 bits per heavy atom. The number of nitrogens with zero attached hydrogens (tertiary/aromatic N) is 2. The van der Waals surface area contributed by atoms with Crippen LogP contribution in [0.15, 0.2) is 41.0 Å². The largest absolute Gasteiger partial charge is 0.467 e. The number of benzene rings is 1. The van der Waals surface area contributed by atoms with E-state index in [0.717, 1.165) is 19.4 Å². The molecule has 1 fully saturated rings. The Kier molecular flexibility index (Phi) is 5.19. The standard InChI is InChI=1S/C18H17ClN2O3/c19-17-9-13(5-6-14(17)10-20)18(22)21(11-15-3-1-7-23-15)12-16-4-2-8-24-16/h1,3,5-7,9,16H,2,4,8,11-12H2. The highest BCUT2D eigenvalue weighted by Gasteiger charge is 2.24. The van der Waals surface area contributed by atoms with Crippen LogP contribution in [-0.2, 0) is 11.3 Å². The van der Waals surface area contributed by atoms with Gasteiger partial charge >= 0.3 is 0 Å².